The number of urea groups is 1. The van der Waals surface area contributed by atoms with Crippen LogP contribution in [0, 0.1) is 0 Å². The van der Waals surface area contributed by atoms with Gasteiger partial charge in [-0.2, -0.15) is 5.06 Å². The quantitative estimate of drug-likeness (QED) is 0.802. The van der Waals surface area contributed by atoms with E-state index in [4.69, 9.17) is 4.84 Å². The number of hydrazine groups is 1. The van der Waals surface area contributed by atoms with Crippen LogP contribution in [0.15, 0.2) is 30.3 Å². The van der Waals surface area contributed by atoms with Gasteiger partial charge < -0.3 is 4.90 Å². The molecule has 1 aromatic carbocycles. The molecule has 2 fully saturated rings. The van der Waals surface area contributed by atoms with Crippen molar-refractivity contribution in [1.29, 1.82) is 0 Å². The second-order valence-electron chi connectivity index (χ2n) is 6.55. The van der Waals surface area contributed by atoms with Crippen LogP contribution in [0.3, 0.4) is 0 Å². The molecule has 0 saturated carbocycles. The van der Waals surface area contributed by atoms with E-state index in [1.807, 2.05) is 30.3 Å². The van der Waals surface area contributed by atoms with Crippen LogP contribution in [-0.4, -0.2) is 58.5 Å². The Hall–Kier alpha value is -2.61. The fourth-order valence-corrected chi connectivity index (χ4v) is 3.33. The predicted octanol–water partition coefficient (Wildman–Crippen LogP) is 1.29. The molecular weight excluding hydrogens is 336 g/mol. The standard InChI is InChI=1S/C18H24N4O4/c1-3-16(23)20(2)19-17(24)15-10-9-14-11-21(15)18(25)22(14)26-12-13-7-5-4-6-8-13/h4-8,14-15H,3,9-12H2,1-2H3,(H,19,24)/t14-,15+/m0/s1. The van der Waals surface area contributed by atoms with Crippen molar-refractivity contribution in [3.63, 3.8) is 0 Å². The van der Waals surface area contributed by atoms with Crippen molar-refractivity contribution in [2.24, 2.45) is 0 Å². The van der Waals surface area contributed by atoms with E-state index in [9.17, 15) is 14.4 Å². The van der Waals surface area contributed by atoms with Crippen molar-refractivity contribution >= 4 is 17.8 Å². The Morgan fingerprint density at radius 3 is 2.69 bits per heavy atom. The average Bonchev–Trinajstić information content (AvgIpc) is 2.90. The molecule has 8 nitrogen and oxygen atoms in total. The Kier molecular flexibility index (Phi) is 5.41. The summed E-state index contributed by atoms with van der Waals surface area (Å²) in [5, 5.41) is 2.57. The molecule has 2 bridgehead atoms. The first kappa shape index (κ1) is 18.2. The average molecular weight is 360 g/mol. The monoisotopic (exact) mass is 360 g/mol. The minimum absolute atomic E-state index is 0.0507. The number of benzene rings is 1. The number of hydroxylamine groups is 2. The first-order chi connectivity index (χ1) is 12.5. The van der Waals surface area contributed by atoms with Gasteiger partial charge in [0.05, 0.1) is 6.04 Å². The number of hydrogen-bond donors (Lipinski definition) is 1. The van der Waals surface area contributed by atoms with Crippen LogP contribution in [-0.2, 0) is 21.0 Å². The number of hydrogen-bond acceptors (Lipinski definition) is 4. The minimum atomic E-state index is -0.587. The summed E-state index contributed by atoms with van der Waals surface area (Å²) in [5.74, 6) is -0.529. The van der Waals surface area contributed by atoms with E-state index in [-0.39, 0.29) is 23.9 Å². The number of nitrogens with zero attached hydrogens (tertiary/aromatic N) is 3. The van der Waals surface area contributed by atoms with Gasteiger partial charge in [-0.25, -0.2) is 4.79 Å². The summed E-state index contributed by atoms with van der Waals surface area (Å²) in [6, 6.07) is 8.69. The fourth-order valence-electron chi connectivity index (χ4n) is 3.33. The van der Waals surface area contributed by atoms with E-state index < -0.39 is 6.04 Å². The molecule has 2 atom stereocenters. The van der Waals surface area contributed by atoms with Crippen LogP contribution in [0.5, 0.6) is 0 Å². The van der Waals surface area contributed by atoms with E-state index in [2.05, 4.69) is 5.43 Å². The zero-order valence-corrected chi connectivity index (χ0v) is 15.1. The van der Waals surface area contributed by atoms with Crippen LogP contribution >= 0.6 is 0 Å². The van der Waals surface area contributed by atoms with Gasteiger partial charge in [0.25, 0.3) is 5.91 Å². The molecule has 2 heterocycles. The maximum absolute atomic E-state index is 12.7. The van der Waals surface area contributed by atoms with Crippen LogP contribution in [0.1, 0.15) is 31.7 Å². The van der Waals surface area contributed by atoms with Gasteiger partial charge in [-0.05, 0) is 18.4 Å². The van der Waals surface area contributed by atoms with Crippen molar-refractivity contribution < 1.29 is 19.2 Å². The predicted molar refractivity (Wildman–Crippen MR) is 93.2 cm³/mol. The van der Waals surface area contributed by atoms with Gasteiger partial charge in [0.15, 0.2) is 0 Å². The highest BCUT2D eigenvalue weighted by molar-refractivity contribution is 5.89. The number of carbonyl (C=O) groups excluding carboxylic acids is 3. The van der Waals surface area contributed by atoms with Gasteiger partial charge in [0, 0.05) is 20.0 Å². The molecule has 26 heavy (non-hydrogen) atoms. The number of amides is 4. The van der Waals surface area contributed by atoms with Crippen molar-refractivity contribution in [2.75, 3.05) is 13.6 Å². The Labute approximate surface area is 152 Å². The highest BCUT2D eigenvalue weighted by Gasteiger charge is 2.48. The number of nitrogens with one attached hydrogen (secondary N) is 1. The van der Waals surface area contributed by atoms with Gasteiger partial charge in [0.1, 0.15) is 12.6 Å². The third kappa shape index (κ3) is 3.65. The molecule has 140 valence electrons. The SMILES string of the molecule is CCC(=O)N(C)NC(=O)[C@H]1CC[C@H]2CN1C(=O)N2OCc1ccccc1. The maximum atomic E-state index is 12.7. The Morgan fingerprint density at radius 1 is 1.27 bits per heavy atom. The molecule has 3 rings (SSSR count). The Balaban J connectivity index is 1.60. The van der Waals surface area contributed by atoms with Gasteiger partial charge in [-0.1, -0.05) is 37.3 Å². The minimum Gasteiger partial charge on any atom is -0.309 e. The zero-order valence-electron chi connectivity index (χ0n) is 15.1. The molecule has 8 heteroatoms. The van der Waals surface area contributed by atoms with Crippen molar-refractivity contribution in [2.45, 2.75) is 44.9 Å². The lowest BCUT2D eigenvalue weighted by atomic mass is 10.0. The van der Waals surface area contributed by atoms with Crippen LogP contribution in [0.25, 0.3) is 0 Å². The topological polar surface area (TPSA) is 82.2 Å². The summed E-state index contributed by atoms with van der Waals surface area (Å²) in [4.78, 5) is 44.0. The van der Waals surface area contributed by atoms with Crippen LogP contribution in [0.2, 0.25) is 0 Å². The molecule has 0 aromatic heterocycles. The lowest BCUT2D eigenvalue weighted by molar-refractivity contribution is -0.142. The number of carbonyl (C=O) groups is 3. The summed E-state index contributed by atoms with van der Waals surface area (Å²) in [7, 11) is 1.51. The molecule has 0 aliphatic carbocycles. The largest absolute Gasteiger partial charge is 0.345 e. The zero-order chi connectivity index (χ0) is 18.7. The molecule has 0 radical (unpaired) electrons. The molecule has 1 aromatic rings. The van der Waals surface area contributed by atoms with Crippen molar-refractivity contribution in [3.05, 3.63) is 35.9 Å². The fraction of sp³-hybridized carbons (Fsp3) is 0.500. The highest BCUT2D eigenvalue weighted by atomic mass is 16.7. The summed E-state index contributed by atoms with van der Waals surface area (Å²) in [5.41, 5.74) is 3.55. The molecule has 2 aliphatic rings. The van der Waals surface area contributed by atoms with Crippen LogP contribution in [0.4, 0.5) is 4.79 Å². The summed E-state index contributed by atoms with van der Waals surface area (Å²) in [6.45, 7) is 2.49. The lowest BCUT2D eigenvalue weighted by Gasteiger charge is -2.30. The molecule has 1 N–H and O–H groups in total. The third-order valence-corrected chi connectivity index (χ3v) is 4.79. The molecule has 0 spiro atoms. The van der Waals surface area contributed by atoms with Gasteiger partial charge in [-0.15, -0.1) is 0 Å². The normalized spacial score (nSPS) is 21.7. The van der Waals surface area contributed by atoms with Crippen molar-refractivity contribution in [1.82, 2.24) is 20.4 Å². The molecule has 2 saturated heterocycles. The van der Waals surface area contributed by atoms with E-state index in [0.29, 0.717) is 32.4 Å². The summed E-state index contributed by atoms with van der Waals surface area (Å²) >= 11 is 0. The molecular formula is C18H24N4O4. The van der Waals surface area contributed by atoms with E-state index >= 15 is 0 Å². The van der Waals surface area contributed by atoms with Crippen LogP contribution < -0.4 is 5.43 Å². The number of rotatable bonds is 5. The maximum Gasteiger partial charge on any atom is 0.345 e. The second-order valence-corrected chi connectivity index (χ2v) is 6.55. The summed E-state index contributed by atoms with van der Waals surface area (Å²) in [6.07, 6.45) is 1.52. The van der Waals surface area contributed by atoms with E-state index in [1.165, 1.54) is 22.0 Å². The van der Waals surface area contributed by atoms with Gasteiger partial charge >= 0.3 is 6.03 Å². The first-order valence-electron chi connectivity index (χ1n) is 8.85. The molecule has 0 unspecified atom stereocenters. The Morgan fingerprint density at radius 2 is 2.00 bits per heavy atom. The lowest BCUT2D eigenvalue weighted by Crippen LogP contribution is -2.54. The van der Waals surface area contributed by atoms with E-state index in [0.717, 1.165) is 5.56 Å². The summed E-state index contributed by atoms with van der Waals surface area (Å²) < 4.78 is 0. The third-order valence-electron chi connectivity index (χ3n) is 4.79. The smallest absolute Gasteiger partial charge is 0.309 e. The first-order valence-corrected chi connectivity index (χ1v) is 8.85. The van der Waals surface area contributed by atoms with Crippen molar-refractivity contribution in [3.8, 4) is 0 Å². The molecule has 4 amide bonds. The second kappa shape index (κ2) is 7.74. The number of fused-ring (bicyclic) bond motifs is 2. The van der Waals surface area contributed by atoms with Gasteiger partial charge in [-0.3, -0.25) is 24.9 Å². The Bertz CT molecular complexity index is 681. The van der Waals surface area contributed by atoms with Gasteiger partial charge in [0.2, 0.25) is 5.91 Å². The van der Waals surface area contributed by atoms with E-state index in [1.54, 1.807) is 6.92 Å². The highest BCUT2D eigenvalue weighted by Crippen LogP contribution is 2.30. The number of piperidine rings is 1. The molecule has 2 aliphatic heterocycles.